The molecule has 156 valence electrons. The number of carboxylic acid groups (broad SMARTS) is 1. The fourth-order valence-corrected chi connectivity index (χ4v) is 4.42. The van der Waals surface area contributed by atoms with Crippen molar-refractivity contribution in [1.82, 2.24) is 14.6 Å². The van der Waals surface area contributed by atoms with Gasteiger partial charge >= 0.3 is 11.8 Å². The first-order chi connectivity index (χ1) is 13.7. The maximum atomic E-state index is 15.1. The number of fused-ring (bicyclic) bond motifs is 1. The monoisotopic (exact) mass is 405 g/mol. The van der Waals surface area contributed by atoms with Gasteiger partial charge in [-0.15, -0.1) is 0 Å². The van der Waals surface area contributed by atoms with Gasteiger partial charge in [-0.2, -0.15) is 4.68 Å². The average molecular weight is 405 g/mol. The molecular weight excluding hydrogens is 381 g/mol. The summed E-state index contributed by atoms with van der Waals surface area (Å²) in [5, 5.41) is 11.3. The van der Waals surface area contributed by atoms with Crippen LogP contribution in [-0.2, 0) is 0 Å². The van der Waals surface area contributed by atoms with Crippen LogP contribution in [0.4, 0.5) is 14.9 Å². The molecule has 1 amide bonds. The second kappa shape index (κ2) is 6.78. The summed E-state index contributed by atoms with van der Waals surface area (Å²) in [7, 11) is 0. The van der Waals surface area contributed by atoms with Crippen LogP contribution in [0, 0.1) is 24.6 Å². The van der Waals surface area contributed by atoms with E-state index in [4.69, 9.17) is 10.9 Å². The summed E-state index contributed by atoms with van der Waals surface area (Å²) in [6.07, 6.45) is 0.529. The number of halogens is 1. The van der Waals surface area contributed by atoms with E-state index in [-0.39, 0.29) is 29.8 Å². The molecule has 2 aliphatic rings. The van der Waals surface area contributed by atoms with E-state index in [0.717, 1.165) is 18.9 Å². The van der Waals surface area contributed by atoms with E-state index in [1.165, 1.54) is 4.57 Å². The molecule has 1 aliphatic carbocycles. The molecule has 9 nitrogen and oxygen atoms in total. The van der Waals surface area contributed by atoms with E-state index in [0.29, 0.717) is 34.5 Å². The molecule has 1 aromatic heterocycles. The van der Waals surface area contributed by atoms with Crippen LogP contribution in [0.25, 0.3) is 10.9 Å². The van der Waals surface area contributed by atoms with Gasteiger partial charge in [-0.05, 0) is 37.7 Å². The van der Waals surface area contributed by atoms with Crippen LogP contribution in [0.1, 0.15) is 31.4 Å². The zero-order chi connectivity index (χ0) is 21.0. The summed E-state index contributed by atoms with van der Waals surface area (Å²) in [6.45, 7) is 5.03. The maximum Gasteiger partial charge on any atom is 0.404 e. The number of benzene rings is 1. The van der Waals surface area contributed by atoms with Crippen LogP contribution in [0.5, 0.6) is 0 Å². The van der Waals surface area contributed by atoms with E-state index in [1.807, 2.05) is 11.8 Å². The lowest BCUT2D eigenvalue weighted by Crippen LogP contribution is -2.44. The Hall–Kier alpha value is -3.04. The number of hydrogen-bond acceptors (Lipinski definition) is 5. The van der Waals surface area contributed by atoms with Gasteiger partial charge in [-0.25, -0.2) is 14.0 Å². The van der Waals surface area contributed by atoms with Crippen molar-refractivity contribution < 1.29 is 14.3 Å². The second-order valence-corrected chi connectivity index (χ2v) is 8.12. The zero-order valence-electron chi connectivity index (χ0n) is 16.3. The van der Waals surface area contributed by atoms with E-state index >= 15 is 4.39 Å². The van der Waals surface area contributed by atoms with E-state index in [1.54, 1.807) is 6.92 Å². The summed E-state index contributed by atoms with van der Waals surface area (Å²) >= 11 is 0. The lowest BCUT2D eigenvalue weighted by molar-refractivity contribution is 0.191. The molecule has 10 heteroatoms. The van der Waals surface area contributed by atoms with Crippen LogP contribution < -0.4 is 27.3 Å². The average Bonchev–Trinajstić information content (AvgIpc) is 3.42. The number of amides is 1. The SMILES string of the molecule is Cc1c(N2CC(C)C(CNC(=O)O)C2)c(F)cc2c(=O)n(N)c(=O)n(C3CC3)c12. The summed E-state index contributed by atoms with van der Waals surface area (Å²) < 4.78 is 17.2. The van der Waals surface area contributed by atoms with Crippen molar-refractivity contribution in [3.63, 3.8) is 0 Å². The first-order valence-corrected chi connectivity index (χ1v) is 9.67. The highest BCUT2D eigenvalue weighted by Gasteiger charge is 2.34. The summed E-state index contributed by atoms with van der Waals surface area (Å²) in [5.74, 6) is 5.29. The molecule has 29 heavy (non-hydrogen) atoms. The van der Waals surface area contributed by atoms with Crippen molar-refractivity contribution in [3.05, 3.63) is 38.3 Å². The van der Waals surface area contributed by atoms with Gasteiger partial charge < -0.3 is 21.2 Å². The normalized spacial score (nSPS) is 21.7. The van der Waals surface area contributed by atoms with Crippen molar-refractivity contribution in [3.8, 4) is 0 Å². The van der Waals surface area contributed by atoms with Crippen LogP contribution >= 0.6 is 0 Å². The minimum atomic E-state index is -1.09. The molecule has 2 unspecified atom stereocenters. The van der Waals surface area contributed by atoms with Crippen molar-refractivity contribution in [2.45, 2.75) is 32.7 Å². The first kappa shape index (κ1) is 19.3. The molecule has 4 N–H and O–H groups in total. The van der Waals surface area contributed by atoms with E-state index in [2.05, 4.69) is 5.32 Å². The number of hydrogen-bond donors (Lipinski definition) is 3. The molecule has 2 aromatic rings. The molecule has 2 atom stereocenters. The number of carbonyl (C=O) groups is 1. The molecule has 2 fully saturated rings. The molecule has 1 saturated heterocycles. The fraction of sp³-hybridized carbons (Fsp3) is 0.526. The molecule has 0 spiro atoms. The number of rotatable bonds is 4. The number of nitrogen functional groups attached to an aromatic ring is 1. The molecule has 1 saturated carbocycles. The zero-order valence-corrected chi connectivity index (χ0v) is 16.3. The third-order valence-corrected chi connectivity index (χ3v) is 6.08. The number of nitrogens with zero attached hydrogens (tertiary/aromatic N) is 3. The van der Waals surface area contributed by atoms with Gasteiger partial charge in [0.2, 0.25) is 0 Å². The Kier molecular flexibility index (Phi) is 4.51. The lowest BCUT2D eigenvalue weighted by Gasteiger charge is -2.24. The highest BCUT2D eigenvalue weighted by Crippen LogP contribution is 2.39. The summed E-state index contributed by atoms with van der Waals surface area (Å²) in [6, 6.07) is 1.12. The Morgan fingerprint density at radius 1 is 1.34 bits per heavy atom. The van der Waals surface area contributed by atoms with Crippen LogP contribution in [-0.4, -0.2) is 40.1 Å². The van der Waals surface area contributed by atoms with Crippen molar-refractivity contribution in [2.24, 2.45) is 11.8 Å². The largest absolute Gasteiger partial charge is 0.465 e. The molecule has 4 rings (SSSR count). The predicted octanol–water partition coefficient (Wildman–Crippen LogP) is 0.999. The standard InChI is InChI=1S/C19H24FN5O4/c1-9-7-23(8-11(9)6-22-18(27)28)16-10(2)15-13(5-14(16)20)17(26)25(21)19(29)24(15)12-3-4-12/h5,9,11-12,22H,3-4,6-8,21H2,1-2H3,(H,27,28). The number of anilines is 1. The highest BCUT2D eigenvalue weighted by molar-refractivity contribution is 5.87. The quantitative estimate of drug-likeness (QED) is 0.652. The third-order valence-electron chi connectivity index (χ3n) is 6.08. The Labute approximate surface area is 165 Å². The highest BCUT2D eigenvalue weighted by atomic mass is 19.1. The van der Waals surface area contributed by atoms with Gasteiger partial charge in [0.15, 0.2) is 0 Å². The third kappa shape index (κ3) is 3.12. The van der Waals surface area contributed by atoms with Gasteiger partial charge in [-0.1, -0.05) is 6.92 Å². The van der Waals surface area contributed by atoms with Crippen molar-refractivity contribution in [2.75, 3.05) is 30.4 Å². The molecule has 1 aliphatic heterocycles. The van der Waals surface area contributed by atoms with Crippen LogP contribution in [0.15, 0.2) is 15.7 Å². The van der Waals surface area contributed by atoms with Crippen molar-refractivity contribution >= 4 is 22.7 Å². The van der Waals surface area contributed by atoms with Gasteiger partial charge in [0, 0.05) is 31.2 Å². The molecule has 2 heterocycles. The van der Waals surface area contributed by atoms with Gasteiger partial charge in [-0.3, -0.25) is 9.36 Å². The minimum absolute atomic E-state index is 0.0308. The molecule has 0 radical (unpaired) electrons. The summed E-state index contributed by atoms with van der Waals surface area (Å²) in [5.41, 5.74) is 0.00371. The van der Waals surface area contributed by atoms with Crippen molar-refractivity contribution in [1.29, 1.82) is 0 Å². The fourth-order valence-electron chi connectivity index (χ4n) is 4.42. The molecule has 0 bridgehead atoms. The number of aryl methyl sites for hydroxylation is 1. The number of nitrogens with two attached hydrogens (primary N) is 1. The van der Waals surface area contributed by atoms with Gasteiger partial charge in [0.05, 0.1) is 16.6 Å². The Morgan fingerprint density at radius 2 is 2.03 bits per heavy atom. The topological polar surface area (TPSA) is 123 Å². The summed E-state index contributed by atoms with van der Waals surface area (Å²) in [4.78, 5) is 37.8. The Morgan fingerprint density at radius 3 is 2.66 bits per heavy atom. The van der Waals surface area contributed by atoms with Crippen LogP contribution in [0.2, 0.25) is 0 Å². The predicted molar refractivity (Wildman–Crippen MR) is 106 cm³/mol. The Bertz CT molecular complexity index is 1120. The molecular formula is C19H24FN5O4. The molecule has 1 aromatic carbocycles. The maximum absolute atomic E-state index is 15.1. The van der Waals surface area contributed by atoms with Gasteiger partial charge in [0.1, 0.15) is 5.82 Å². The minimum Gasteiger partial charge on any atom is -0.465 e. The number of nitrogens with one attached hydrogen (secondary N) is 1. The van der Waals surface area contributed by atoms with E-state index < -0.39 is 23.2 Å². The Balaban J connectivity index is 1.84. The van der Waals surface area contributed by atoms with E-state index in [9.17, 15) is 14.4 Å². The lowest BCUT2D eigenvalue weighted by atomic mass is 9.98. The first-order valence-electron chi connectivity index (χ1n) is 9.67. The van der Waals surface area contributed by atoms with Crippen LogP contribution in [0.3, 0.4) is 0 Å². The van der Waals surface area contributed by atoms with Gasteiger partial charge in [0.25, 0.3) is 5.56 Å². The second-order valence-electron chi connectivity index (χ2n) is 8.12. The number of aromatic nitrogens is 2. The smallest absolute Gasteiger partial charge is 0.404 e.